The average molecular weight is 435 g/mol. The lowest BCUT2D eigenvalue weighted by Crippen LogP contribution is -2.32. The molecule has 0 N–H and O–H groups in total. The van der Waals surface area contributed by atoms with Gasteiger partial charge in [0.25, 0.3) is 0 Å². The van der Waals surface area contributed by atoms with Crippen molar-refractivity contribution in [2.24, 2.45) is 5.92 Å². The maximum Gasteiger partial charge on any atom is -0.0122 e. The van der Waals surface area contributed by atoms with E-state index in [1.807, 2.05) is 0 Å². The third kappa shape index (κ3) is 16.5. The zero-order valence-corrected chi connectivity index (χ0v) is 22.2. The van der Waals surface area contributed by atoms with E-state index in [0.717, 1.165) is 5.92 Å². The highest BCUT2D eigenvalue weighted by Gasteiger charge is 2.32. The van der Waals surface area contributed by atoms with E-state index in [2.05, 4.69) is 36.9 Å². The highest BCUT2D eigenvalue weighted by atomic mass is 35.5. The minimum atomic E-state index is 0. The van der Waals surface area contributed by atoms with E-state index in [4.69, 9.17) is 0 Å². The molecule has 0 aromatic rings. The van der Waals surface area contributed by atoms with Crippen molar-refractivity contribution in [1.82, 2.24) is 0 Å². The molecule has 0 aliphatic carbocycles. The Morgan fingerprint density at radius 3 is 1.14 bits per heavy atom. The first kappa shape index (κ1) is 30.9. The lowest BCUT2D eigenvalue weighted by atomic mass is 9.77. The maximum absolute atomic E-state index is 3.45. The summed E-state index contributed by atoms with van der Waals surface area (Å²) in [6.45, 7) is 9.35. The van der Waals surface area contributed by atoms with Crippen LogP contribution >= 0.6 is 21.6 Å². The van der Waals surface area contributed by atoms with E-state index >= 15 is 0 Å². The molecule has 0 aromatic heterocycles. The Morgan fingerprint density at radius 2 is 0.821 bits per heavy atom. The van der Waals surface area contributed by atoms with E-state index < -0.39 is 0 Å². The van der Waals surface area contributed by atoms with Crippen LogP contribution in [0.4, 0.5) is 0 Å². The van der Waals surface area contributed by atoms with E-state index in [0.29, 0.717) is 5.16 Å². The molecule has 0 aromatic carbocycles. The Hall–Kier alpha value is 0.720. The Labute approximate surface area is 188 Å². The molecule has 0 saturated heterocycles. The highest BCUT2D eigenvalue weighted by Crippen LogP contribution is 2.44. The van der Waals surface area contributed by atoms with Crippen LogP contribution in [0.2, 0.25) is 0 Å². The maximum atomic E-state index is 3.45. The molecule has 0 nitrogen and oxygen atoms in total. The number of halogens is 1. The van der Waals surface area contributed by atoms with Crippen molar-refractivity contribution in [1.29, 1.82) is 0 Å². The normalized spacial score (nSPS) is 11.8. The van der Waals surface area contributed by atoms with Gasteiger partial charge in [-0.25, -0.2) is 0 Å². The van der Waals surface area contributed by atoms with Crippen LogP contribution in [0.15, 0.2) is 0 Å². The molecule has 0 aliphatic heterocycles. The van der Waals surface area contributed by atoms with E-state index in [1.165, 1.54) is 128 Å². The van der Waals surface area contributed by atoms with Gasteiger partial charge in [0.2, 0.25) is 0 Å². The van der Waals surface area contributed by atoms with Gasteiger partial charge in [0, 0.05) is 0 Å². The molecule has 1 unspecified atom stereocenters. The summed E-state index contributed by atoms with van der Waals surface area (Å²) in [6.07, 6.45) is 28.7. The number of hydrogen-bond donors (Lipinski definition) is 0. The van der Waals surface area contributed by atoms with Crippen LogP contribution < -0.4 is 0 Å². The van der Waals surface area contributed by atoms with Crippen LogP contribution in [0.1, 0.15) is 156 Å². The summed E-state index contributed by atoms with van der Waals surface area (Å²) in [4.78, 5) is 0. The topological polar surface area (TPSA) is 0 Å². The van der Waals surface area contributed by atoms with E-state index in [9.17, 15) is 0 Å². The van der Waals surface area contributed by atoms with Gasteiger partial charge >= 0.3 is 0 Å². The van der Waals surface area contributed by atoms with Crippen molar-refractivity contribution < 1.29 is 0 Å². The summed E-state index contributed by atoms with van der Waals surface area (Å²) >= 11 is 0. The van der Waals surface area contributed by atoms with Gasteiger partial charge in [-0.2, -0.15) is 0 Å². The molecule has 2 heteroatoms. The second-order valence-corrected chi connectivity index (χ2v) is 10.4. The number of hydrogen-bond acceptors (Lipinski definition) is 0. The van der Waals surface area contributed by atoms with Crippen LogP contribution in [-0.2, 0) is 0 Å². The van der Waals surface area contributed by atoms with Crippen molar-refractivity contribution in [2.45, 2.75) is 161 Å². The Morgan fingerprint density at radius 1 is 0.500 bits per heavy atom. The molecule has 0 saturated carbocycles. The first-order valence-corrected chi connectivity index (χ1v) is 13.5. The molecule has 0 amide bonds. The summed E-state index contributed by atoms with van der Waals surface area (Å²) < 4.78 is 0. The predicted octanol–water partition coefficient (Wildman–Crippen LogP) is 10.5. The predicted molar refractivity (Wildman–Crippen MR) is 138 cm³/mol. The van der Waals surface area contributed by atoms with Crippen LogP contribution in [0.5, 0.6) is 0 Å². The first-order valence-electron chi connectivity index (χ1n) is 12.9. The van der Waals surface area contributed by atoms with Crippen LogP contribution in [0.3, 0.4) is 0 Å². The molecule has 1 atom stereocenters. The molecule has 0 heterocycles. The monoisotopic (exact) mass is 434 g/mol. The molecule has 0 spiro atoms. The van der Waals surface area contributed by atoms with Gasteiger partial charge in [0.1, 0.15) is 0 Å². The fourth-order valence-electron chi connectivity index (χ4n) is 4.65. The van der Waals surface area contributed by atoms with E-state index in [-0.39, 0.29) is 12.4 Å². The van der Waals surface area contributed by atoms with Gasteiger partial charge in [-0.3, -0.25) is 0 Å². The molecule has 172 valence electrons. The molecule has 28 heavy (non-hydrogen) atoms. The van der Waals surface area contributed by atoms with Crippen molar-refractivity contribution >= 4 is 21.6 Å². The lowest BCUT2D eigenvalue weighted by Gasteiger charge is -2.39. The van der Waals surface area contributed by atoms with Crippen molar-refractivity contribution in [2.75, 3.05) is 0 Å². The van der Waals surface area contributed by atoms with Gasteiger partial charge in [-0.05, 0) is 36.8 Å². The largest absolute Gasteiger partial charge is 0.147 e. The SMILES string of the molecule is CCCCCCC(CCCCCC)C(P)(CCCCCC)CCCCCC.Cl. The molecule has 0 rings (SSSR count). The molecule has 0 aliphatic rings. The van der Waals surface area contributed by atoms with Crippen molar-refractivity contribution in [3.8, 4) is 0 Å². The highest BCUT2D eigenvalue weighted by molar-refractivity contribution is 7.19. The summed E-state index contributed by atoms with van der Waals surface area (Å²) in [5.41, 5.74) is 0. The minimum Gasteiger partial charge on any atom is -0.147 e. The zero-order valence-electron chi connectivity index (χ0n) is 20.2. The zero-order chi connectivity index (χ0) is 20.2. The fourth-order valence-corrected chi connectivity index (χ4v) is 5.39. The van der Waals surface area contributed by atoms with Gasteiger partial charge in [0.05, 0.1) is 0 Å². The summed E-state index contributed by atoms with van der Waals surface area (Å²) in [5.74, 6) is 0.944. The molecule has 0 fully saturated rings. The summed E-state index contributed by atoms with van der Waals surface area (Å²) in [5, 5.41) is 0.528. The Bertz CT molecular complexity index is 268. The average Bonchev–Trinajstić information content (AvgIpc) is 2.67. The fraction of sp³-hybridized carbons (Fsp3) is 1.00. The number of rotatable bonds is 21. The molecule has 0 radical (unpaired) electrons. The smallest absolute Gasteiger partial charge is 0.0122 e. The van der Waals surface area contributed by atoms with Crippen molar-refractivity contribution in [3.05, 3.63) is 0 Å². The van der Waals surface area contributed by atoms with Gasteiger partial charge in [-0.1, -0.05) is 130 Å². The van der Waals surface area contributed by atoms with Crippen LogP contribution in [0.25, 0.3) is 0 Å². The summed E-state index contributed by atoms with van der Waals surface area (Å²) in [7, 11) is 3.45. The molecular weight excluding hydrogens is 379 g/mol. The minimum absolute atomic E-state index is 0. The van der Waals surface area contributed by atoms with Gasteiger partial charge in [0.15, 0.2) is 0 Å². The van der Waals surface area contributed by atoms with Crippen LogP contribution in [0, 0.1) is 5.92 Å². The first-order chi connectivity index (χ1) is 13.1. The Kier molecular flexibility index (Phi) is 24.7. The second kappa shape index (κ2) is 22.4. The molecular formula is C26H56ClP. The molecule has 0 bridgehead atoms. The Balaban J connectivity index is 0. The quantitative estimate of drug-likeness (QED) is 0.124. The van der Waals surface area contributed by atoms with Gasteiger partial charge < -0.3 is 0 Å². The van der Waals surface area contributed by atoms with E-state index in [1.54, 1.807) is 0 Å². The summed E-state index contributed by atoms with van der Waals surface area (Å²) in [6, 6.07) is 0. The second-order valence-electron chi connectivity index (χ2n) is 9.25. The van der Waals surface area contributed by atoms with Crippen LogP contribution in [-0.4, -0.2) is 5.16 Å². The third-order valence-electron chi connectivity index (χ3n) is 6.62. The van der Waals surface area contributed by atoms with Gasteiger partial charge in [-0.15, -0.1) is 21.6 Å². The third-order valence-corrected chi connectivity index (χ3v) is 7.67. The number of unbranched alkanes of at least 4 members (excludes halogenated alkanes) is 12. The standard InChI is InChI=1S/C26H55P.ClH/c1-5-9-13-17-21-25(22-18-14-10-6-2)26(27,23-19-15-11-7-3)24-20-16-12-8-4;/h25H,5-24,27H2,1-4H3;1H. The lowest BCUT2D eigenvalue weighted by molar-refractivity contribution is 0.270. The van der Waals surface area contributed by atoms with Crippen molar-refractivity contribution in [3.63, 3.8) is 0 Å².